The fraction of sp³-hybridized carbons (Fsp3) is 0.450. The van der Waals surface area contributed by atoms with Gasteiger partial charge in [-0.05, 0) is 110 Å². The summed E-state index contributed by atoms with van der Waals surface area (Å²) in [6, 6.07) is 7.37. The molecule has 0 saturated carbocycles. The summed E-state index contributed by atoms with van der Waals surface area (Å²) in [5.41, 5.74) is 1.58. The van der Waals surface area contributed by atoms with E-state index in [1.54, 1.807) is 0 Å². The van der Waals surface area contributed by atoms with Crippen molar-refractivity contribution in [3.8, 4) is 71.0 Å². The van der Waals surface area contributed by atoms with Crippen molar-refractivity contribution in [3.05, 3.63) is 35.4 Å². The first-order chi connectivity index (χ1) is 24.4. The zero-order valence-corrected chi connectivity index (χ0v) is 28.9. The van der Waals surface area contributed by atoms with Crippen LogP contribution in [0.1, 0.15) is 89.2 Å². The Morgan fingerprint density at radius 3 is 1.28 bits per heavy atom. The lowest BCUT2D eigenvalue weighted by atomic mass is 10.1. The van der Waals surface area contributed by atoms with Crippen LogP contribution in [-0.2, 0) is 28.5 Å². The number of carbonyl (C=O) groups is 4. The maximum absolute atomic E-state index is 11.6. The van der Waals surface area contributed by atoms with E-state index in [2.05, 4.69) is 81.7 Å². The van der Waals surface area contributed by atoms with Crippen LogP contribution in [0.3, 0.4) is 0 Å². The molecule has 1 aromatic carbocycles. The Kier molecular flexibility index (Phi) is 25.6. The quantitative estimate of drug-likeness (QED) is 0.0972. The van der Waals surface area contributed by atoms with Gasteiger partial charge in [-0.3, -0.25) is 9.59 Å². The maximum Gasteiger partial charge on any atom is 0.407 e. The maximum atomic E-state index is 11.6. The topological polar surface area (TPSA) is 129 Å². The number of nitrogens with one attached hydrogen (secondary N) is 2. The van der Waals surface area contributed by atoms with E-state index in [1.165, 1.54) is 0 Å². The van der Waals surface area contributed by atoms with Gasteiger partial charge >= 0.3 is 24.1 Å². The smallest absolute Gasteiger partial charge is 0.407 e. The van der Waals surface area contributed by atoms with Gasteiger partial charge in [0.25, 0.3) is 0 Å². The molecule has 2 amide bonds. The highest BCUT2D eigenvalue weighted by molar-refractivity contribution is 5.78. The average Bonchev–Trinajstić information content (AvgIpc) is 3.11. The van der Waals surface area contributed by atoms with Crippen LogP contribution in [0.4, 0.5) is 9.59 Å². The van der Waals surface area contributed by atoms with Crippen molar-refractivity contribution in [1.82, 2.24) is 10.6 Å². The molecule has 0 aromatic heterocycles. The van der Waals surface area contributed by atoms with Crippen LogP contribution >= 0.6 is 0 Å². The summed E-state index contributed by atoms with van der Waals surface area (Å²) in [5, 5.41) is 4.72. The lowest BCUT2D eigenvalue weighted by Crippen LogP contribution is -2.31. The summed E-state index contributed by atoms with van der Waals surface area (Å²) in [5.74, 6) is 32.6. The van der Waals surface area contributed by atoms with Crippen molar-refractivity contribution >= 4 is 24.1 Å². The van der Waals surface area contributed by atoms with Gasteiger partial charge in [-0.2, -0.15) is 0 Å². The van der Waals surface area contributed by atoms with Crippen molar-refractivity contribution in [3.63, 3.8) is 0 Å². The Morgan fingerprint density at radius 1 is 0.500 bits per heavy atom. The molecule has 1 aromatic rings. The van der Waals surface area contributed by atoms with E-state index >= 15 is 0 Å². The minimum Gasteiger partial charge on any atom is -0.464 e. The fourth-order valence-electron chi connectivity index (χ4n) is 3.30. The summed E-state index contributed by atoms with van der Waals surface area (Å²) < 4.78 is 19.9. The van der Waals surface area contributed by atoms with Gasteiger partial charge in [0.1, 0.15) is 13.1 Å². The Labute approximate surface area is 296 Å². The van der Waals surface area contributed by atoms with Crippen molar-refractivity contribution in [2.75, 3.05) is 39.5 Å². The third-order valence-electron chi connectivity index (χ3n) is 5.98. The SMILES string of the molecule is CCCCOC(=O)CNC(=O)OCCCCC#CC#CC#Cc1ccc(C#CC#CC#CCCCCOC(=O)NCC(=O)OCCCC)cc1. The zero-order valence-electron chi connectivity index (χ0n) is 28.9. The van der Waals surface area contributed by atoms with E-state index in [1.807, 2.05) is 38.1 Å². The van der Waals surface area contributed by atoms with Crippen molar-refractivity contribution in [2.24, 2.45) is 0 Å². The van der Waals surface area contributed by atoms with E-state index in [0.29, 0.717) is 38.9 Å². The largest absolute Gasteiger partial charge is 0.464 e. The molecule has 0 aliphatic heterocycles. The Morgan fingerprint density at radius 2 is 0.880 bits per heavy atom. The third kappa shape index (κ3) is 26.2. The minimum atomic E-state index is -0.651. The van der Waals surface area contributed by atoms with Crippen LogP contribution in [0.15, 0.2) is 24.3 Å². The number of unbranched alkanes of at least 4 members (excludes halogenated alkanes) is 6. The van der Waals surface area contributed by atoms with Gasteiger partial charge in [0.15, 0.2) is 0 Å². The molecule has 0 spiro atoms. The molecule has 0 fully saturated rings. The van der Waals surface area contributed by atoms with E-state index in [9.17, 15) is 19.2 Å². The van der Waals surface area contributed by atoms with Gasteiger partial charge in [0, 0.05) is 24.0 Å². The molecule has 0 atom stereocenters. The molecule has 50 heavy (non-hydrogen) atoms. The second-order valence-electron chi connectivity index (χ2n) is 10.2. The summed E-state index contributed by atoms with van der Waals surface area (Å²) >= 11 is 0. The molecule has 1 rings (SSSR count). The predicted octanol–water partition coefficient (Wildman–Crippen LogP) is 4.88. The van der Waals surface area contributed by atoms with Crippen molar-refractivity contribution in [2.45, 2.75) is 78.1 Å². The van der Waals surface area contributed by atoms with E-state index in [-0.39, 0.29) is 26.3 Å². The minimum absolute atomic E-state index is 0.209. The molecule has 0 saturated heterocycles. The van der Waals surface area contributed by atoms with Crippen molar-refractivity contribution in [1.29, 1.82) is 0 Å². The molecule has 0 bridgehead atoms. The van der Waals surface area contributed by atoms with E-state index < -0.39 is 24.1 Å². The number of benzene rings is 1. The first-order valence-corrected chi connectivity index (χ1v) is 16.6. The van der Waals surface area contributed by atoms with Gasteiger partial charge in [0.2, 0.25) is 0 Å². The number of amides is 2. The van der Waals surface area contributed by atoms with E-state index in [0.717, 1.165) is 49.7 Å². The molecule has 262 valence electrons. The second-order valence-corrected chi connectivity index (χ2v) is 10.2. The molecule has 10 nitrogen and oxygen atoms in total. The van der Waals surface area contributed by atoms with Crippen molar-refractivity contribution < 1.29 is 38.1 Å². The number of alkyl carbamates (subject to hydrolysis) is 2. The predicted molar refractivity (Wildman–Crippen MR) is 189 cm³/mol. The fourth-order valence-corrected chi connectivity index (χ4v) is 3.30. The number of carbonyl (C=O) groups excluding carboxylic acids is 4. The first kappa shape index (κ1) is 42.1. The summed E-state index contributed by atoms with van der Waals surface area (Å²) in [6.45, 7) is 4.73. The van der Waals surface area contributed by atoms with Crippen LogP contribution in [0, 0.1) is 71.0 Å². The van der Waals surface area contributed by atoms with Crippen LogP contribution < -0.4 is 10.6 Å². The lowest BCUT2D eigenvalue weighted by Gasteiger charge is -2.06. The first-order valence-electron chi connectivity index (χ1n) is 16.6. The highest BCUT2D eigenvalue weighted by Crippen LogP contribution is 2.01. The Balaban J connectivity index is 2.18. The molecule has 0 aliphatic carbocycles. The van der Waals surface area contributed by atoms with Gasteiger partial charge in [0.05, 0.1) is 26.4 Å². The Hall–Kier alpha value is -5.94. The lowest BCUT2D eigenvalue weighted by molar-refractivity contribution is -0.143. The molecule has 0 radical (unpaired) electrons. The highest BCUT2D eigenvalue weighted by Gasteiger charge is 2.08. The third-order valence-corrected chi connectivity index (χ3v) is 5.98. The summed E-state index contributed by atoms with van der Waals surface area (Å²) in [6.07, 6.45) is 6.11. The molecular weight excluding hydrogens is 636 g/mol. The van der Waals surface area contributed by atoms with Crippen LogP contribution in [0.25, 0.3) is 0 Å². The van der Waals surface area contributed by atoms with Gasteiger partial charge < -0.3 is 29.6 Å². The molecule has 0 aliphatic rings. The van der Waals surface area contributed by atoms with Gasteiger partial charge in [-0.25, -0.2) is 9.59 Å². The molecular formula is C40H44N2O8. The number of ether oxygens (including phenoxy) is 4. The summed E-state index contributed by atoms with van der Waals surface area (Å²) in [7, 11) is 0. The zero-order chi connectivity index (χ0) is 36.3. The normalized spacial score (nSPS) is 8.84. The van der Waals surface area contributed by atoms with Crippen LogP contribution in [0.5, 0.6) is 0 Å². The molecule has 0 heterocycles. The molecule has 10 heteroatoms. The second kappa shape index (κ2) is 30.4. The monoisotopic (exact) mass is 680 g/mol. The summed E-state index contributed by atoms with van der Waals surface area (Å²) in [4.78, 5) is 46.0. The van der Waals surface area contributed by atoms with Gasteiger partial charge in [-0.1, -0.05) is 50.4 Å². The standard InChI is InChI=1S/C40H44N2O8/c1-3-5-29-47-37(43)33-41-39(45)49-31-21-17-13-9-7-11-15-19-23-35-25-27-36(28-26-35)24-20-16-12-8-10-14-18-22-32-50-40(46)42-34-38(44)48-30-6-4-2/h25-28H,3-6,13-14,17-18,21-22,29-34H2,1-2H3,(H,41,45)(H,42,46). The average molecular weight is 681 g/mol. The van der Waals surface area contributed by atoms with E-state index in [4.69, 9.17) is 18.9 Å². The molecule has 2 N–H and O–H groups in total. The number of rotatable bonds is 18. The van der Waals surface area contributed by atoms with Crippen LogP contribution in [0.2, 0.25) is 0 Å². The molecule has 0 unspecified atom stereocenters. The Bertz CT molecular complexity index is 1470. The highest BCUT2D eigenvalue weighted by atomic mass is 16.6. The number of hydrogen-bond acceptors (Lipinski definition) is 8. The number of hydrogen-bond donors (Lipinski definition) is 2. The van der Waals surface area contributed by atoms with Crippen LogP contribution in [-0.4, -0.2) is 63.6 Å². The number of esters is 2. The van der Waals surface area contributed by atoms with Gasteiger partial charge in [-0.15, -0.1) is 0 Å².